The normalized spacial score (nSPS) is 26.6. The quantitative estimate of drug-likeness (QED) is 0.798. The molecule has 1 aliphatic rings. The smallest absolute Gasteiger partial charge is 0.129 e. The SMILES string of the molecule is NCC1CCCCCC1OCc1ccco1. The molecule has 1 saturated carbocycles. The first kappa shape index (κ1) is 11.7. The predicted molar refractivity (Wildman–Crippen MR) is 62.9 cm³/mol. The molecule has 0 radical (unpaired) electrons. The van der Waals surface area contributed by atoms with E-state index >= 15 is 0 Å². The van der Waals surface area contributed by atoms with Crippen LogP contribution < -0.4 is 5.73 Å². The molecule has 90 valence electrons. The van der Waals surface area contributed by atoms with Gasteiger partial charge in [0.1, 0.15) is 12.4 Å². The lowest BCUT2D eigenvalue weighted by molar-refractivity contribution is -0.00808. The topological polar surface area (TPSA) is 48.4 Å². The van der Waals surface area contributed by atoms with Gasteiger partial charge in [0, 0.05) is 0 Å². The average Bonchev–Trinajstić information content (AvgIpc) is 2.71. The summed E-state index contributed by atoms with van der Waals surface area (Å²) in [6, 6.07) is 3.85. The third-order valence-corrected chi connectivity index (χ3v) is 3.41. The highest BCUT2D eigenvalue weighted by Crippen LogP contribution is 2.25. The van der Waals surface area contributed by atoms with Crippen molar-refractivity contribution in [2.75, 3.05) is 6.54 Å². The molecule has 1 heterocycles. The third-order valence-electron chi connectivity index (χ3n) is 3.41. The maximum Gasteiger partial charge on any atom is 0.129 e. The molecule has 0 amide bonds. The van der Waals surface area contributed by atoms with Crippen molar-refractivity contribution >= 4 is 0 Å². The van der Waals surface area contributed by atoms with Gasteiger partial charge < -0.3 is 14.9 Å². The first-order valence-corrected chi connectivity index (χ1v) is 6.24. The molecule has 0 spiro atoms. The number of ether oxygens (including phenoxy) is 1. The fourth-order valence-corrected chi connectivity index (χ4v) is 2.42. The molecule has 3 nitrogen and oxygen atoms in total. The van der Waals surface area contributed by atoms with Crippen LogP contribution in [0.3, 0.4) is 0 Å². The van der Waals surface area contributed by atoms with Gasteiger partial charge in [-0.3, -0.25) is 0 Å². The van der Waals surface area contributed by atoms with E-state index in [9.17, 15) is 0 Å². The molecule has 2 N–H and O–H groups in total. The minimum Gasteiger partial charge on any atom is -0.467 e. The van der Waals surface area contributed by atoms with E-state index in [1.54, 1.807) is 6.26 Å². The van der Waals surface area contributed by atoms with E-state index in [-0.39, 0.29) is 0 Å². The Morgan fingerprint density at radius 2 is 2.19 bits per heavy atom. The lowest BCUT2D eigenvalue weighted by Gasteiger charge is -2.23. The summed E-state index contributed by atoms with van der Waals surface area (Å²) < 4.78 is 11.2. The molecule has 1 fully saturated rings. The summed E-state index contributed by atoms with van der Waals surface area (Å²) in [5.41, 5.74) is 5.81. The summed E-state index contributed by atoms with van der Waals surface area (Å²) in [7, 11) is 0. The molecule has 3 heteroatoms. The predicted octanol–water partition coefficient (Wildman–Crippen LogP) is 2.70. The number of rotatable bonds is 4. The van der Waals surface area contributed by atoms with Crippen molar-refractivity contribution in [2.45, 2.75) is 44.8 Å². The first-order valence-electron chi connectivity index (χ1n) is 6.24. The second-order valence-electron chi connectivity index (χ2n) is 4.56. The largest absolute Gasteiger partial charge is 0.467 e. The van der Waals surface area contributed by atoms with Crippen molar-refractivity contribution in [3.05, 3.63) is 24.2 Å². The summed E-state index contributed by atoms with van der Waals surface area (Å²) in [5.74, 6) is 1.43. The summed E-state index contributed by atoms with van der Waals surface area (Å²) >= 11 is 0. The lowest BCUT2D eigenvalue weighted by atomic mass is 9.97. The van der Waals surface area contributed by atoms with Crippen LogP contribution in [0.4, 0.5) is 0 Å². The van der Waals surface area contributed by atoms with Crippen LogP contribution in [0.1, 0.15) is 37.9 Å². The first-order chi connectivity index (χ1) is 7.90. The van der Waals surface area contributed by atoms with Crippen LogP contribution in [0.15, 0.2) is 22.8 Å². The molecule has 2 atom stereocenters. The van der Waals surface area contributed by atoms with Crippen molar-refractivity contribution in [3.8, 4) is 0 Å². The van der Waals surface area contributed by atoms with E-state index in [4.69, 9.17) is 14.9 Å². The molecular weight excluding hydrogens is 202 g/mol. The van der Waals surface area contributed by atoms with E-state index < -0.39 is 0 Å². The summed E-state index contributed by atoms with van der Waals surface area (Å²) in [5, 5.41) is 0. The minimum absolute atomic E-state index is 0.317. The molecule has 1 aromatic heterocycles. The standard InChI is InChI=1S/C13H21NO2/c14-9-11-5-2-1-3-7-13(11)16-10-12-6-4-8-15-12/h4,6,8,11,13H,1-3,5,7,9-10,14H2. The fraction of sp³-hybridized carbons (Fsp3) is 0.692. The molecule has 2 rings (SSSR count). The van der Waals surface area contributed by atoms with Gasteiger partial charge in [0.2, 0.25) is 0 Å². The molecule has 0 aromatic carbocycles. The number of hydrogen-bond donors (Lipinski definition) is 1. The lowest BCUT2D eigenvalue weighted by Crippen LogP contribution is -2.29. The zero-order chi connectivity index (χ0) is 11.2. The zero-order valence-electron chi connectivity index (χ0n) is 9.73. The average molecular weight is 223 g/mol. The van der Waals surface area contributed by atoms with Crippen LogP contribution in [0.5, 0.6) is 0 Å². The van der Waals surface area contributed by atoms with Crippen LogP contribution in [-0.2, 0) is 11.3 Å². The van der Waals surface area contributed by atoms with Crippen molar-refractivity contribution in [2.24, 2.45) is 11.7 Å². The highest BCUT2D eigenvalue weighted by molar-refractivity contribution is 4.96. The summed E-state index contributed by atoms with van der Waals surface area (Å²) in [6.07, 6.45) is 8.23. The van der Waals surface area contributed by atoms with Crippen LogP contribution in [0.25, 0.3) is 0 Å². The molecule has 0 bridgehead atoms. The van der Waals surface area contributed by atoms with Gasteiger partial charge >= 0.3 is 0 Å². The van der Waals surface area contributed by atoms with Crippen molar-refractivity contribution in [1.29, 1.82) is 0 Å². The van der Waals surface area contributed by atoms with Gasteiger partial charge in [0.25, 0.3) is 0 Å². The van der Waals surface area contributed by atoms with E-state index in [1.165, 1.54) is 25.7 Å². The fourth-order valence-electron chi connectivity index (χ4n) is 2.42. The summed E-state index contributed by atoms with van der Waals surface area (Å²) in [4.78, 5) is 0. The van der Waals surface area contributed by atoms with E-state index in [2.05, 4.69) is 0 Å². The van der Waals surface area contributed by atoms with Gasteiger partial charge in [-0.25, -0.2) is 0 Å². The maximum atomic E-state index is 5.94. The Balaban J connectivity index is 1.85. The monoisotopic (exact) mass is 223 g/mol. The summed E-state index contributed by atoms with van der Waals surface area (Å²) in [6.45, 7) is 1.32. The highest BCUT2D eigenvalue weighted by Gasteiger charge is 2.23. The van der Waals surface area contributed by atoms with E-state index in [1.807, 2.05) is 12.1 Å². The highest BCUT2D eigenvalue weighted by atomic mass is 16.5. The van der Waals surface area contributed by atoms with Crippen molar-refractivity contribution in [1.82, 2.24) is 0 Å². The second-order valence-corrected chi connectivity index (χ2v) is 4.56. The molecule has 2 unspecified atom stereocenters. The van der Waals surface area contributed by atoms with Crippen molar-refractivity contribution < 1.29 is 9.15 Å². The zero-order valence-corrected chi connectivity index (χ0v) is 9.73. The molecular formula is C13H21NO2. The Bertz CT molecular complexity index is 284. The van der Waals surface area contributed by atoms with Gasteiger partial charge in [0.05, 0.1) is 12.4 Å². The van der Waals surface area contributed by atoms with Gasteiger partial charge in [-0.2, -0.15) is 0 Å². The van der Waals surface area contributed by atoms with Gasteiger partial charge in [-0.15, -0.1) is 0 Å². The van der Waals surface area contributed by atoms with Crippen LogP contribution >= 0.6 is 0 Å². The van der Waals surface area contributed by atoms with Crippen LogP contribution in [0.2, 0.25) is 0 Å². The molecule has 0 aliphatic heterocycles. The Kier molecular flexibility index (Phi) is 4.43. The van der Waals surface area contributed by atoms with Crippen LogP contribution in [0, 0.1) is 5.92 Å². The Hall–Kier alpha value is -0.800. The maximum absolute atomic E-state index is 5.94. The van der Waals surface area contributed by atoms with Gasteiger partial charge in [-0.05, 0) is 37.4 Å². The Morgan fingerprint density at radius 1 is 1.31 bits per heavy atom. The van der Waals surface area contributed by atoms with E-state index in [0.29, 0.717) is 18.6 Å². The second kappa shape index (κ2) is 6.06. The number of hydrogen-bond acceptors (Lipinski definition) is 3. The van der Waals surface area contributed by atoms with Gasteiger partial charge in [0.15, 0.2) is 0 Å². The molecule has 1 aliphatic carbocycles. The number of nitrogens with two attached hydrogens (primary N) is 1. The van der Waals surface area contributed by atoms with E-state index in [0.717, 1.165) is 18.7 Å². The Labute approximate surface area is 97.0 Å². The van der Waals surface area contributed by atoms with Gasteiger partial charge in [-0.1, -0.05) is 19.3 Å². The molecule has 1 aromatic rings. The van der Waals surface area contributed by atoms with Crippen LogP contribution in [-0.4, -0.2) is 12.6 Å². The molecule has 0 saturated heterocycles. The minimum atomic E-state index is 0.317. The number of furan rings is 1. The third kappa shape index (κ3) is 3.09. The molecule has 16 heavy (non-hydrogen) atoms. The Morgan fingerprint density at radius 3 is 2.94 bits per heavy atom. The van der Waals surface area contributed by atoms with Crippen molar-refractivity contribution in [3.63, 3.8) is 0 Å².